The average molecular weight is 200 g/mol. The smallest absolute Gasteiger partial charge is 0.150 e. The zero-order valence-electron chi connectivity index (χ0n) is 8.57. The van der Waals surface area contributed by atoms with Crippen LogP contribution >= 0.6 is 0 Å². The highest BCUT2D eigenvalue weighted by atomic mass is 16.3. The molecule has 0 amide bonds. The molecule has 0 saturated carbocycles. The summed E-state index contributed by atoms with van der Waals surface area (Å²) in [4.78, 5) is 10.7. The van der Waals surface area contributed by atoms with Gasteiger partial charge < -0.3 is 4.42 Å². The van der Waals surface area contributed by atoms with Crippen molar-refractivity contribution in [3.8, 4) is 0 Å². The van der Waals surface area contributed by atoms with E-state index >= 15 is 0 Å². The van der Waals surface area contributed by atoms with Crippen LogP contribution in [-0.2, 0) is 6.42 Å². The topological polar surface area (TPSA) is 30.2 Å². The normalized spacial score (nSPS) is 10.2. The Bertz CT molecular complexity index is 455. The summed E-state index contributed by atoms with van der Waals surface area (Å²) in [5.41, 5.74) is 4.10. The first-order valence-corrected chi connectivity index (χ1v) is 4.85. The van der Waals surface area contributed by atoms with Crippen molar-refractivity contribution in [2.45, 2.75) is 13.3 Å². The third kappa shape index (κ3) is 2.34. The molecular weight excluding hydrogens is 188 g/mol. The highest BCUT2D eigenvalue weighted by molar-refractivity contribution is 5.75. The highest BCUT2D eigenvalue weighted by Gasteiger charge is 2.00. The minimum Gasteiger partial charge on any atom is -0.472 e. The van der Waals surface area contributed by atoms with Crippen molar-refractivity contribution in [1.82, 2.24) is 0 Å². The summed E-state index contributed by atoms with van der Waals surface area (Å²) in [7, 11) is 0. The van der Waals surface area contributed by atoms with Gasteiger partial charge in [0, 0.05) is 12.0 Å². The van der Waals surface area contributed by atoms with Crippen molar-refractivity contribution in [2.24, 2.45) is 0 Å². The van der Waals surface area contributed by atoms with E-state index in [0.717, 1.165) is 35.0 Å². The molecule has 1 aromatic carbocycles. The van der Waals surface area contributed by atoms with Crippen LogP contribution < -0.4 is 0 Å². The third-order valence-corrected chi connectivity index (χ3v) is 2.28. The molecular formula is C13H12O2. The molecule has 1 heterocycles. The monoisotopic (exact) mass is 200 g/mol. The fourth-order valence-electron chi connectivity index (χ4n) is 1.69. The molecule has 0 N–H and O–H groups in total. The number of carbonyl (C=O) groups excluding carboxylic acids is 1. The van der Waals surface area contributed by atoms with Gasteiger partial charge >= 0.3 is 0 Å². The molecule has 76 valence electrons. The quantitative estimate of drug-likeness (QED) is 0.713. The van der Waals surface area contributed by atoms with Crippen molar-refractivity contribution < 1.29 is 9.21 Å². The molecule has 0 atom stereocenters. The van der Waals surface area contributed by atoms with Gasteiger partial charge in [-0.3, -0.25) is 4.79 Å². The second-order valence-corrected chi connectivity index (χ2v) is 3.68. The number of carbonyl (C=O) groups is 1. The first-order chi connectivity index (χ1) is 7.28. The van der Waals surface area contributed by atoms with E-state index in [4.69, 9.17) is 4.42 Å². The Morgan fingerprint density at radius 3 is 2.80 bits per heavy atom. The van der Waals surface area contributed by atoms with Gasteiger partial charge in [-0.2, -0.15) is 0 Å². The average Bonchev–Trinajstić information content (AvgIpc) is 2.69. The van der Waals surface area contributed by atoms with Crippen LogP contribution in [-0.4, -0.2) is 6.29 Å². The number of hydrogen-bond acceptors (Lipinski definition) is 2. The van der Waals surface area contributed by atoms with Crippen molar-refractivity contribution in [2.75, 3.05) is 0 Å². The van der Waals surface area contributed by atoms with E-state index in [9.17, 15) is 4.79 Å². The van der Waals surface area contributed by atoms with Crippen molar-refractivity contribution in [3.05, 3.63) is 59.0 Å². The molecule has 0 saturated heterocycles. The minimum absolute atomic E-state index is 0.730. The predicted octanol–water partition coefficient (Wildman–Crippen LogP) is 2.99. The summed E-state index contributed by atoms with van der Waals surface area (Å²) in [6.07, 6.45) is 5.07. The minimum atomic E-state index is 0.730. The predicted molar refractivity (Wildman–Crippen MR) is 58.1 cm³/mol. The fraction of sp³-hybridized carbons (Fsp3) is 0.154. The molecule has 1 aromatic heterocycles. The standard InChI is InChI=1S/C13H12O2/c1-10-4-12(7-13(5-10)8-14)6-11-2-3-15-9-11/h2-5,7-9H,6H2,1H3. The maximum absolute atomic E-state index is 10.7. The largest absolute Gasteiger partial charge is 0.472 e. The Labute approximate surface area is 88.5 Å². The molecule has 0 bridgehead atoms. The van der Waals surface area contributed by atoms with Crippen LogP contribution in [0, 0.1) is 6.92 Å². The van der Waals surface area contributed by atoms with Gasteiger partial charge in [0.15, 0.2) is 0 Å². The van der Waals surface area contributed by atoms with E-state index in [1.54, 1.807) is 12.5 Å². The summed E-state index contributed by atoms with van der Waals surface area (Å²) < 4.78 is 5.00. The van der Waals surface area contributed by atoms with Crippen molar-refractivity contribution >= 4 is 6.29 Å². The van der Waals surface area contributed by atoms with Crippen LogP contribution in [0.4, 0.5) is 0 Å². The lowest BCUT2D eigenvalue weighted by Crippen LogP contribution is -1.90. The van der Waals surface area contributed by atoms with Gasteiger partial charge in [0.2, 0.25) is 0 Å². The SMILES string of the molecule is Cc1cc(C=O)cc(Cc2ccoc2)c1. The molecule has 15 heavy (non-hydrogen) atoms. The van der Waals surface area contributed by atoms with Crippen molar-refractivity contribution in [3.63, 3.8) is 0 Å². The second-order valence-electron chi connectivity index (χ2n) is 3.68. The molecule has 2 heteroatoms. The molecule has 0 aliphatic carbocycles. The third-order valence-electron chi connectivity index (χ3n) is 2.28. The fourth-order valence-corrected chi connectivity index (χ4v) is 1.69. The van der Waals surface area contributed by atoms with E-state index in [1.807, 2.05) is 25.1 Å². The number of benzene rings is 1. The number of furan rings is 1. The molecule has 0 aliphatic heterocycles. The molecule has 2 nitrogen and oxygen atoms in total. The van der Waals surface area contributed by atoms with Gasteiger partial charge in [0.05, 0.1) is 12.5 Å². The van der Waals surface area contributed by atoms with Crippen LogP contribution in [0.1, 0.15) is 27.0 Å². The lowest BCUT2D eigenvalue weighted by Gasteiger charge is -2.02. The van der Waals surface area contributed by atoms with E-state index in [-0.39, 0.29) is 0 Å². The van der Waals surface area contributed by atoms with Crippen LogP contribution in [0.3, 0.4) is 0 Å². The molecule has 2 rings (SSSR count). The number of aldehydes is 1. The van der Waals surface area contributed by atoms with Crippen LogP contribution in [0.15, 0.2) is 41.2 Å². The lowest BCUT2D eigenvalue weighted by molar-refractivity contribution is 0.112. The van der Waals surface area contributed by atoms with E-state index in [1.165, 1.54) is 0 Å². The first kappa shape index (κ1) is 9.71. The first-order valence-electron chi connectivity index (χ1n) is 4.85. The van der Waals surface area contributed by atoms with Gasteiger partial charge in [0.25, 0.3) is 0 Å². The summed E-state index contributed by atoms with van der Waals surface area (Å²) in [6.45, 7) is 1.99. The van der Waals surface area contributed by atoms with Gasteiger partial charge in [-0.05, 0) is 36.2 Å². The maximum Gasteiger partial charge on any atom is 0.150 e. The van der Waals surface area contributed by atoms with E-state index in [0.29, 0.717) is 0 Å². The maximum atomic E-state index is 10.7. The zero-order chi connectivity index (χ0) is 10.7. The van der Waals surface area contributed by atoms with Gasteiger partial charge in [-0.15, -0.1) is 0 Å². The number of rotatable bonds is 3. The van der Waals surface area contributed by atoms with Gasteiger partial charge in [0.1, 0.15) is 6.29 Å². The van der Waals surface area contributed by atoms with E-state index < -0.39 is 0 Å². The molecule has 0 spiro atoms. The Balaban J connectivity index is 2.28. The highest BCUT2D eigenvalue weighted by Crippen LogP contribution is 2.13. The Kier molecular flexibility index (Phi) is 2.68. The Hall–Kier alpha value is -1.83. The lowest BCUT2D eigenvalue weighted by atomic mass is 10.0. The molecule has 0 aliphatic rings. The molecule has 0 unspecified atom stereocenters. The van der Waals surface area contributed by atoms with Crippen LogP contribution in [0.2, 0.25) is 0 Å². The van der Waals surface area contributed by atoms with Gasteiger partial charge in [-0.25, -0.2) is 0 Å². The second kappa shape index (κ2) is 4.13. The number of hydrogen-bond donors (Lipinski definition) is 0. The molecule has 0 fully saturated rings. The molecule has 2 aromatic rings. The summed E-state index contributed by atoms with van der Waals surface area (Å²) in [6, 6.07) is 7.81. The Morgan fingerprint density at radius 2 is 2.13 bits per heavy atom. The molecule has 0 radical (unpaired) electrons. The summed E-state index contributed by atoms with van der Waals surface area (Å²) >= 11 is 0. The number of aryl methyl sites for hydroxylation is 1. The van der Waals surface area contributed by atoms with Crippen molar-refractivity contribution in [1.29, 1.82) is 0 Å². The van der Waals surface area contributed by atoms with Crippen LogP contribution in [0.25, 0.3) is 0 Å². The Morgan fingerprint density at radius 1 is 1.27 bits per heavy atom. The van der Waals surface area contributed by atoms with Gasteiger partial charge in [-0.1, -0.05) is 11.6 Å². The zero-order valence-corrected chi connectivity index (χ0v) is 8.57. The summed E-state index contributed by atoms with van der Waals surface area (Å²) in [5, 5.41) is 0. The van der Waals surface area contributed by atoms with E-state index in [2.05, 4.69) is 6.07 Å². The van der Waals surface area contributed by atoms with Crippen LogP contribution in [0.5, 0.6) is 0 Å². The summed E-state index contributed by atoms with van der Waals surface area (Å²) in [5.74, 6) is 0.